The Morgan fingerprint density at radius 1 is 0.328 bits per heavy atom. The van der Waals surface area contributed by atoms with Crippen LogP contribution in [0, 0.1) is 17.8 Å². The second-order valence-electron chi connectivity index (χ2n) is 9.22. The van der Waals surface area contributed by atoms with Gasteiger partial charge >= 0.3 is 0 Å². The Morgan fingerprint density at radius 2 is 0.625 bits per heavy atom. The molecule has 8 N–H and O–H groups in total. The van der Waals surface area contributed by atoms with E-state index in [4.69, 9.17) is 52.7 Å². The van der Waals surface area contributed by atoms with Crippen molar-refractivity contribution >= 4 is 27.2 Å². The first-order chi connectivity index (χ1) is 23.6. The lowest BCUT2D eigenvalue weighted by molar-refractivity contribution is -0.176. The van der Waals surface area contributed by atoms with Gasteiger partial charge in [0.1, 0.15) is 45.5 Å². The van der Waals surface area contributed by atoms with Gasteiger partial charge in [0, 0.05) is 45.6 Å². The van der Waals surface area contributed by atoms with Gasteiger partial charge in [-0.1, -0.05) is 119 Å². The number of unbranched alkanes of at least 4 members (excludes halogenated alkanes) is 1. The van der Waals surface area contributed by atoms with Gasteiger partial charge in [0.2, 0.25) is 0 Å². The quantitative estimate of drug-likeness (QED) is 0.0340. The van der Waals surface area contributed by atoms with Crippen LogP contribution in [0.1, 0.15) is 138 Å². The summed E-state index contributed by atoms with van der Waals surface area (Å²) < 4.78 is 34.1. The maximum absolute atomic E-state index is 9.73. The van der Waals surface area contributed by atoms with E-state index in [1.807, 2.05) is 27.2 Å². The van der Waals surface area contributed by atoms with E-state index in [1.165, 1.54) is 0 Å². The molecule has 0 spiro atoms. The third-order valence-corrected chi connectivity index (χ3v) is 6.33. The van der Waals surface area contributed by atoms with Crippen molar-refractivity contribution in [3.8, 4) is 0 Å². The molecule has 18 heteroatoms. The molecule has 0 aliphatic heterocycles. The summed E-state index contributed by atoms with van der Waals surface area (Å²) in [5.74, 6) is -1.08. The molecule has 0 fully saturated rings. The fourth-order valence-electron chi connectivity index (χ4n) is 4.23. The normalized spacial score (nSPS) is 10.6. The topological polar surface area (TPSA) is 286 Å². The van der Waals surface area contributed by atoms with Gasteiger partial charge in [-0.3, -0.25) is 0 Å². The number of hydrogen-bond donors (Lipinski definition) is 8. The molecule has 0 heterocycles. The van der Waals surface area contributed by atoms with Gasteiger partial charge < -0.3 is 88.5 Å². The van der Waals surface area contributed by atoms with Crippen molar-refractivity contribution in [2.75, 3.05) is 112 Å². The first-order valence-corrected chi connectivity index (χ1v) is 15.2. The molecule has 418 valence electrons. The lowest BCUT2D eigenvalue weighted by Crippen LogP contribution is -2.48. The SMILES string of the molecule is C.C.C.C.C.C.C.C.C.C.C.C.C.C.C.C.C=O.C=O.C=O.C=O.OCCOCC(OCCO)C(OCCO)C(COCCCCOCC(CO)C(CO)C(CO)CCO)OCCO. The van der Waals surface area contributed by atoms with Crippen LogP contribution in [-0.2, 0) is 47.6 Å². The first kappa shape index (κ1) is 137. The van der Waals surface area contributed by atoms with E-state index in [-0.39, 0.29) is 236 Å². The Hall–Kier alpha value is -1.88. The predicted octanol–water partition coefficient (Wildman–Crippen LogP) is 6.59. The van der Waals surface area contributed by atoms with Crippen LogP contribution in [-0.4, -0.2) is 199 Å². The van der Waals surface area contributed by atoms with Gasteiger partial charge in [-0.25, -0.2) is 0 Å². The van der Waals surface area contributed by atoms with E-state index in [0.29, 0.717) is 32.5 Å². The highest BCUT2D eigenvalue weighted by Crippen LogP contribution is 2.24. The Labute approximate surface area is 401 Å². The highest BCUT2D eigenvalue weighted by molar-refractivity contribution is 5.11. The lowest BCUT2D eigenvalue weighted by atomic mass is 9.81. The fourth-order valence-corrected chi connectivity index (χ4v) is 4.23. The molecule has 0 saturated carbocycles. The van der Waals surface area contributed by atoms with Crippen LogP contribution >= 0.6 is 0 Å². The third kappa shape index (κ3) is 80.4. The minimum absolute atomic E-state index is 0. The molecule has 0 bridgehead atoms. The third-order valence-electron chi connectivity index (χ3n) is 6.33. The summed E-state index contributed by atoms with van der Waals surface area (Å²) in [6, 6.07) is 0. The average Bonchev–Trinajstić information content (AvgIpc) is 3.15. The average molecular weight is 967 g/mol. The van der Waals surface area contributed by atoms with Crippen molar-refractivity contribution in [1.29, 1.82) is 0 Å². The van der Waals surface area contributed by atoms with E-state index >= 15 is 0 Å². The van der Waals surface area contributed by atoms with Gasteiger partial charge in [-0.2, -0.15) is 0 Å². The molecule has 0 aromatic rings. The maximum Gasteiger partial charge on any atom is 0.114 e. The van der Waals surface area contributed by atoms with E-state index < -0.39 is 18.3 Å². The molecule has 0 amide bonds. The molecule has 0 aromatic carbocycles. The smallest absolute Gasteiger partial charge is 0.114 e. The number of ether oxygens (including phenoxy) is 6. The summed E-state index contributed by atoms with van der Waals surface area (Å²) in [6.45, 7) is 7.57. The Morgan fingerprint density at radius 3 is 0.906 bits per heavy atom. The van der Waals surface area contributed by atoms with Crippen molar-refractivity contribution in [2.45, 2.75) is 156 Å². The summed E-state index contributed by atoms with van der Waals surface area (Å²) in [6.07, 6.45) is -0.502. The van der Waals surface area contributed by atoms with Crippen LogP contribution in [0.4, 0.5) is 0 Å². The van der Waals surface area contributed by atoms with Crippen LogP contribution in [0.2, 0.25) is 0 Å². The molecular weight excluding hydrogens is 840 g/mol. The molecule has 6 atom stereocenters. The Bertz CT molecular complexity index is 583. The van der Waals surface area contributed by atoms with E-state index in [1.54, 1.807) is 0 Å². The molecule has 0 rings (SSSR count). The molecule has 18 nitrogen and oxygen atoms in total. The number of rotatable bonds is 31. The Kier molecular flexibility index (Phi) is 267. The number of aliphatic hydroxyl groups excluding tert-OH is 8. The van der Waals surface area contributed by atoms with E-state index in [2.05, 4.69) is 0 Å². The van der Waals surface area contributed by atoms with Gasteiger partial charge in [-0.05, 0) is 31.1 Å². The lowest BCUT2D eigenvalue weighted by Gasteiger charge is -2.33. The second-order valence-corrected chi connectivity index (χ2v) is 9.22. The van der Waals surface area contributed by atoms with Crippen LogP contribution in [0.3, 0.4) is 0 Å². The van der Waals surface area contributed by atoms with Crippen LogP contribution in [0.15, 0.2) is 0 Å². The summed E-state index contributed by atoms with van der Waals surface area (Å²) in [5.41, 5.74) is 0. The molecule has 0 aliphatic carbocycles. The minimum atomic E-state index is -0.754. The molecular formula is C46H126O18. The first-order valence-electron chi connectivity index (χ1n) is 15.2. The zero-order valence-electron chi connectivity index (χ0n) is 28.1. The van der Waals surface area contributed by atoms with Crippen LogP contribution in [0.25, 0.3) is 0 Å². The van der Waals surface area contributed by atoms with Crippen LogP contribution < -0.4 is 0 Å². The molecule has 0 saturated heterocycles. The van der Waals surface area contributed by atoms with Crippen molar-refractivity contribution in [3.63, 3.8) is 0 Å². The van der Waals surface area contributed by atoms with E-state index in [0.717, 1.165) is 0 Å². The van der Waals surface area contributed by atoms with Gasteiger partial charge in [-0.15, -0.1) is 0 Å². The number of aliphatic hydroxyl groups is 8. The number of carbonyl (C=O) groups is 4. The molecule has 64 heavy (non-hydrogen) atoms. The highest BCUT2D eigenvalue weighted by Gasteiger charge is 2.33. The number of hydrogen-bond acceptors (Lipinski definition) is 18. The molecule has 6 unspecified atom stereocenters. The van der Waals surface area contributed by atoms with Crippen molar-refractivity contribution in [3.05, 3.63) is 0 Å². The summed E-state index contributed by atoms with van der Waals surface area (Å²) in [4.78, 5) is 32.0. The van der Waals surface area contributed by atoms with Gasteiger partial charge in [0.25, 0.3) is 0 Å². The zero-order chi connectivity index (χ0) is 37.8. The molecule has 0 aromatic heterocycles. The zero-order valence-corrected chi connectivity index (χ0v) is 28.1. The molecule has 0 aliphatic rings. The van der Waals surface area contributed by atoms with Gasteiger partial charge in [0.05, 0.1) is 72.7 Å². The summed E-state index contributed by atoms with van der Waals surface area (Å²) in [7, 11) is 0. The van der Waals surface area contributed by atoms with Crippen LogP contribution in [0.5, 0.6) is 0 Å². The summed E-state index contributed by atoms with van der Waals surface area (Å²) in [5, 5.41) is 74.9. The van der Waals surface area contributed by atoms with Crippen molar-refractivity contribution in [1.82, 2.24) is 0 Å². The fraction of sp³-hybridized carbons (Fsp3) is 0.913. The van der Waals surface area contributed by atoms with E-state index in [9.17, 15) is 35.7 Å². The predicted molar refractivity (Wildman–Crippen MR) is 279 cm³/mol. The molecule has 0 radical (unpaired) electrons. The highest BCUT2D eigenvalue weighted by atomic mass is 16.6. The summed E-state index contributed by atoms with van der Waals surface area (Å²) >= 11 is 0. The largest absolute Gasteiger partial charge is 0.396 e. The monoisotopic (exact) mass is 967 g/mol. The maximum atomic E-state index is 9.73. The number of carbonyl (C=O) groups excluding carboxylic acids is 4. The van der Waals surface area contributed by atoms with Crippen molar-refractivity contribution in [2.24, 2.45) is 17.8 Å². The Balaban J connectivity index is -0.0000000382. The second kappa shape index (κ2) is 125. The van der Waals surface area contributed by atoms with Crippen molar-refractivity contribution < 1.29 is 88.5 Å². The standard InChI is InChI=1S/C26H54O14.4CH2O.16CH4/c27-4-3-21(15-32)23(17-34)22(16-33)18-35-9-1-2-10-36-19-24(38-12-6-29)26(40-14-8-31)25(39-13-7-30)20-37-11-5-28;4*1-2;;;;;;;;;;;;;;;;/h21-34H,1-20H2;4*1H2;16*1H4. The minimum Gasteiger partial charge on any atom is -0.396 e. The van der Waals surface area contributed by atoms with Gasteiger partial charge in [0.15, 0.2) is 0 Å².